The lowest BCUT2D eigenvalue weighted by Gasteiger charge is -2.11. The highest BCUT2D eigenvalue weighted by molar-refractivity contribution is 5.79. The van der Waals surface area contributed by atoms with Gasteiger partial charge in [-0.25, -0.2) is 4.98 Å². The van der Waals surface area contributed by atoms with Gasteiger partial charge in [-0.05, 0) is 38.3 Å². The fourth-order valence-corrected chi connectivity index (χ4v) is 2.20. The van der Waals surface area contributed by atoms with E-state index in [-0.39, 0.29) is 0 Å². The van der Waals surface area contributed by atoms with Gasteiger partial charge < -0.3 is 15.1 Å². The SMILES string of the molecule is CN=C(NCCc1ccccc1C)NCc1nc(C)c(C)o1. The molecule has 5 heteroatoms. The number of benzene rings is 1. The molecule has 0 atom stereocenters. The van der Waals surface area contributed by atoms with Crippen LogP contribution in [0.3, 0.4) is 0 Å². The molecule has 0 aliphatic carbocycles. The van der Waals surface area contributed by atoms with Gasteiger partial charge in [0.1, 0.15) is 5.76 Å². The van der Waals surface area contributed by atoms with E-state index >= 15 is 0 Å². The highest BCUT2D eigenvalue weighted by Crippen LogP contribution is 2.08. The second kappa shape index (κ2) is 7.64. The number of guanidine groups is 1. The Hall–Kier alpha value is -2.30. The maximum absolute atomic E-state index is 5.54. The first-order chi connectivity index (χ1) is 10.6. The van der Waals surface area contributed by atoms with E-state index < -0.39 is 0 Å². The van der Waals surface area contributed by atoms with Gasteiger partial charge in [0.2, 0.25) is 5.89 Å². The van der Waals surface area contributed by atoms with Gasteiger partial charge in [-0.1, -0.05) is 24.3 Å². The molecule has 5 nitrogen and oxygen atoms in total. The lowest BCUT2D eigenvalue weighted by Crippen LogP contribution is -2.38. The molecule has 0 saturated heterocycles. The Morgan fingerprint density at radius 2 is 1.95 bits per heavy atom. The predicted octanol–water partition coefficient (Wildman–Crippen LogP) is 2.51. The van der Waals surface area contributed by atoms with Gasteiger partial charge in [0.05, 0.1) is 12.2 Å². The van der Waals surface area contributed by atoms with Gasteiger partial charge in [0, 0.05) is 13.6 Å². The van der Waals surface area contributed by atoms with Crippen LogP contribution in [-0.2, 0) is 13.0 Å². The lowest BCUT2D eigenvalue weighted by molar-refractivity contribution is 0.464. The van der Waals surface area contributed by atoms with E-state index in [0.717, 1.165) is 30.4 Å². The van der Waals surface area contributed by atoms with E-state index in [2.05, 4.69) is 51.8 Å². The highest BCUT2D eigenvalue weighted by Gasteiger charge is 2.06. The minimum Gasteiger partial charge on any atom is -0.444 e. The third-order valence-electron chi connectivity index (χ3n) is 3.65. The van der Waals surface area contributed by atoms with Crippen molar-refractivity contribution in [3.63, 3.8) is 0 Å². The Morgan fingerprint density at radius 3 is 2.59 bits per heavy atom. The van der Waals surface area contributed by atoms with Crippen LogP contribution in [0, 0.1) is 20.8 Å². The summed E-state index contributed by atoms with van der Waals surface area (Å²) in [5.41, 5.74) is 3.60. The molecule has 0 bridgehead atoms. The van der Waals surface area contributed by atoms with Crippen molar-refractivity contribution >= 4 is 5.96 Å². The Morgan fingerprint density at radius 1 is 1.18 bits per heavy atom. The molecule has 0 fully saturated rings. The number of rotatable bonds is 5. The summed E-state index contributed by atoms with van der Waals surface area (Å²) in [6.07, 6.45) is 0.963. The fourth-order valence-electron chi connectivity index (χ4n) is 2.20. The summed E-state index contributed by atoms with van der Waals surface area (Å²) < 4.78 is 5.54. The molecule has 1 aromatic carbocycles. The van der Waals surface area contributed by atoms with Gasteiger partial charge in [-0.3, -0.25) is 4.99 Å². The summed E-state index contributed by atoms with van der Waals surface area (Å²) in [6.45, 7) is 7.35. The van der Waals surface area contributed by atoms with Crippen LogP contribution in [-0.4, -0.2) is 24.5 Å². The Balaban J connectivity index is 1.79. The van der Waals surface area contributed by atoms with E-state index in [0.29, 0.717) is 12.4 Å². The molecular weight excluding hydrogens is 276 g/mol. The molecule has 0 spiro atoms. The predicted molar refractivity (Wildman–Crippen MR) is 89.1 cm³/mol. The normalized spacial score (nSPS) is 11.5. The fraction of sp³-hybridized carbons (Fsp3) is 0.412. The molecule has 0 unspecified atom stereocenters. The maximum atomic E-state index is 5.54. The Labute approximate surface area is 131 Å². The number of hydrogen-bond donors (Lipinski definition) is 2. The number of aryl methyl sites for hydroxylation is 3. The average molecular weight is 300 g/mol. The third kappa shape index (κ3) is 4.35. The Bertz CT molecular complexity index is 626. The first-order valence-electron chi connectivity index (χ1n) is 7.52. The van der Waals surface area contributed by atoms with Gasteiger partial charge in [-0.15, -0.1) is 0 Å². The van der Waals surface area contributed by atoms with Gasteiger partial charge in [0.25, 0.3) is 0 Å². The van der Waals surface area contributed by atoms with Crippen molar-refractivity contribution in [2.45, 2.75) is 33.7 Å². The number of nitrogens with one attached hydrogen (secondary N) is 2. The van der Waals surface area contributed by atoms with Gasteiger partial charge >= 0.3 is 0 Å². The van der Waals surface area contributed by atoms with E-state index in [1.54, 1.807) is 7.05 Å². The number of oxazole rings is 1. The van der Waals surface area contributed by atoms with Crippen LogP contribution in [0.5, 0.6) is 0 Å². The molecule has 2 rings (SSSR count). The number of hydrogen-bond acceptors (Lipinski definition) is 3. The smallest absolute Gasteiger partial charge is 0.214 e. The molecule has 22 heavy (non-hydrogen) atoms. The molecule has 1 heterocycles. The molecule has 0 saturated carbocycles. The molecule has 0 aliphatic heterocycles. The zero-order chi connectivity index (χ0) is 15.9. The molecule has 0 aliphatic rings. The minimum atomic E-state index is 0.527. The van der Waals surface area contributed by atoms with Crippen LogP contribution in [0.1, 0.15) is 28.5 Å². The topological polar surface area (TPSA) is 62.5 Å². The lowest BCUT2D eigenvalue weighted by atomic mass is 10.1. The highest BCUT2D eigenvalue weighted by atomic mass is 16.4. The zero-order valence-electron chi connectivity index (χ0n) is 13.7. The summed E-state index contributed by atoms with van der Waals surface area (Å²) in [4.78, 5) is 8.55. The summed E-state index contributed by atoms with van der Waals surface area (Å²) in [7, 11) is 1.76. The summed E-state index contributed by atoms with van der Waals surface area (Å²) in [5, 5.41) is 6.52. The van der Waals surface area contributed by atoms with Gasteiger partial charge in [-0.2, -0.15) is 0 Å². The van der Waals surface area contributed by atoms with Crippen LogP contribution in [0.2, 0.25) is 0 Å². The van der Waals surface area contributed by atoms with Crippen molar-refractivity contribution in [1.29, 1.82) is 0 Å². The van der Waals surface area contributed by atoms with Gasteiger partial charge in [0.15, 0.2) is 5.96 Å². The molecule has 2 aromatic rings. The summed E-state index contributed by atoms with van der Waals surface area (Å²) in [6, 6.07) is 8.43. The monoisotopic (exact) mass is 300 g/mol. The van der Waals surface area contributed by atoms with E-state index in [4.69, 9.17) is 4.42 Å². The summed E-state index contributed by atoms with van der Waals surface area (Å²) >= 11 is 0. The zero-order valence-corrected chi connectivity index (χ0v) is 13.7. The average Bonchev–Trinajstić information content (AvgIpc) is 2.83. The second-order valence-corrected chi connectivity index (χ2v) is 5.28. The molecule has 0 amide bonds. The largest absolute Gasteiger partial charge is 0.444 e. The standard InChI is InChI=1S/C17H24N4O/c1-12-7-5-6-8-15(12)9-10-19-17(18-4)20-11-16-21-13(2)14(3)22-16/h5-8H,9-11H2,1-4H3,(H2,18,19,20). The number of aliphatic imine (C=N–C) groups is 1. The molecule has 2 N–H and O–H groups in total. The van der Waals surface area contributed by atoms with Crippen LogP contribution < -0.4 is 10.6 Å². The molecule has 0 radical (unpaired) electrons. The summed E-state index contributed by atoms with van der Waals surface area (Å²) in [5.74, 6) is 2.29. The van der Waals surface area contributed by atoms with Crippen molar-refractivity contribution in [2.75, 3.05) is 13.6 Å². The van der Waals surface area contributed by atoms with Crippen molar-refractivity contribution in [3.05, 3.63) is 52.7 Å². The van der Waals surface area contributed by atoms with Crippen LogP contribution >= 0.6 is 0 Å². The first-order valence-corrected chi connectivity index (χ1v) is 7.52. The van der Waals surface area contributed by atoms with Crippen LogP contribution in [0.25, 0.3) is 0 Å². The second-order valence-electron chi connectivity index (χ2n) is 5.28. The molecular formula is C17H24N4O. The Kier molecular flexibility index (Phi) is 5.58. The van der Waals surface area contributed by atoms with Crippen molar-refractivity contribution in [1.82, 2.24) is 15.6 Å². The first kappa shape index (κ1) is 16.1. The van der Waals surface area contributed by atoms with Crippen molar-refractivity contribution in [2.24, 2.45) is 4.99 Å². The molecule has 118 valence electrons. The van der Waals surface area contributed by atoms with E-state index in [1.165, 1.54) is 11.1 Å². The quantitative estimate of drug-likeness (QED) is 0.658. The third-order valence-corrected chi connectivity index (χ3v) is 3.65. The number of aromatic nitrogens is 1. The minimum absolute atomic E-state index is 0.527. The van der Waals surface area contributed by atoms with Crippen LogP contribution in [0.15, 0.2) is 33.7 Å². The van der Waals surface area contributed by atoms with Crippen LogP contribution in [0.4, 0.5) is 0 Å². The van der Waals surface area contributed by atoms with Crippen molar-refractivity contribution in [3.8, 4) is 0 Å². The van der Waals surface area contributed by atoms with Crippen molar-refractivity contribution < 1.29 is 4.42 Å². The van der Waals surface area contributed by atoms with E-state index in [1.807, 2.05) is 13.8 Å². The van der Waals surface area contributed by atoms with E-state index in [9.17, 15) is 0 Å². The number of nitrogens with zero attached hydrogens (tertiary/aromatic N) is 2. The maximum Gasteiger partial charge on any atom is 0.214 e. The molecule has 1 aromatic heterocycles.